The molecule has 3 heterocycles. The van der Waals surface area contributed by atoms with Gasteiger partial charge in [-0.15, -0.1) is 0 Å². The average molecular weight is 315 g/mol. The van der Waals surface area contributed by atoms with Crippen molar-refractivity contribution >= 4 is 12.5 Å². The van der Waals surface area contributed by atoms with Crippen molar-refractivity contribution < 1.29 is 17.8 Å². The maximum atomic E-state index is 14.9. The largest absolute Gasteiger partial charge is 0.737 e. The van der Waals surface area contributed by atoms with Gasteiger partial charge in [-0.3, -0.25) is 0 Å². The van der Waals surface area contributed by atoms with Crippen LogP contribution in [-0.2, 0) is 0 Å². The Morgan fingerprint density at radius 2 is 2.17 bits per heavy atom. The Hall–Kier alpha value is -2.62. The lowest BCUT2D eigenvalue weighted by Crippen LogP contribution is -2.70. The van der Waals surface area contributed by atoms with Crippen molar-refractivity contribution in [3.63, 3.8) is 0 Å². The van der Waals surface area contributed by atoms with E-state index in [0.29, 0.717) is 12.4 Å². The second kappa shape index (κ2) is 5.54. The van der Waals surface area contributed by atoms with E-state index in [4.69, 9.17) is 4.74 Å². The van der Waals surface area contributed by atoms with Gasteiger partial charge in [0.1, 0.15) is 17.8 Å². The maximum Gasteiger partial charge on any atom is 0.737 e. The summed E-state index contributed by atoms with van der Waals surface area (Å²) < 4.78 is 36.3. The molecular formula is C16H16BF2N3O. The summed E-state index contributed by atoms with van der Waals surface area (Å²) in [5, 5.41) is 9.55. The van der Waals surface area contributed by atoms with Gasteiger partial charge >= 0.3 is 6.97 Å². The molecule has 2 aliphatic heterocycles. The predicted molar refractivity (Wildman–Crippen MR) is 83.0 cm³/mol. The molecule has 0 amide bonds. The summed E-state index contributed by atoms with van der Waals surface area (Å²) >= 11 is 0. The highest BCUT2D eigenvalue weighted by atomic mass is 19.2. The van der Waals surface area contributed by atoms with Crippen LogP contribution in [0.2, 0.25) is 0 Å². The molecule has 0 aliphatic carbocycles. The summed E-state index contributed by atoms with van der Waals surface area (Å²) in [5.41, 5.74) is 0.505. The summed E-state index contributed by atoms with van der Waals surface area (Å²) in [6, 6.07) is 5.19. The van der Waals surface area contributed by atoms with E-state index in [1.165, 1.54) is 30.6 Å². The van der Waals surface area contributed by atoms with Crippen molar-refractivity contribution in [3.05, 3.63) is 54.1 Å². The van der Waals surface area contributed by atoms with Crippen LogP contribution in [0.4, 0.5) is 8.63 Å². The number of aromatic nitrogens is 1. The van der Waals surface area contributed by atoms with Crippen LogP contribution in [0.15, 0.2) is 48.5 Å². The molecule has 23 heavy (non-hydrogen) atoms. The molecule has 1 aromatic heterocycles. The van der Waals surface area contributed by atoms with E-state index in [9.17, 15) is 13.9 Å². The summed E-state index contributed by atoms with van der Waals surface area (Å²) in [6.07, 6.45) is 7.28. The molecule has 4 nitrogen and oxygen atoms in total. The number of nitrogens with zero attached hydrogens (tertiary/aromatic N) is 3. The molecule has 0 fully saturated rings. The molecule has 0 N–H and O–H groups in total. The van der Waals surface area contributed by atoms with E-state index in [0.717, 1.165) is 9.29 Å². The quantitative estimate of drug-likeness (QED) is 0.805. The van der Waals surface area contributed by atoms with Gasteiger partial charge in [0, 0.05) is 11.8 Å². The second-order valence-corrected chi connectivity index (χ2v) is 5.90. The lowest BCUT2D eigenvalue weighted by molar-refractivity contribution is -0.578. The minimum atomic E-state index is -4.07. The molecule has 3 rings (SSSR count). The minimum absolute atomic E-state index is 0.131. The van der Waals surface area contributed by atoms with Gasteiger partial charge in [-0.25, -0.2) is 0 Å². The number of rotatable bonds is 3. The average Bonchev–Trinajstić information content (AvgIpc) is 2.54. The molecule has 0 bridgehead atoms. The van der Waals surface area contributed by atoms with E-state index in [-0.39, 0.29) is 22.9 Å². The second-order valence-electron chi connectivity index (χ2n) is 5.90. The zero-order chi connectivity index (χ0) is 16.6. The monoisotopic (exact) mass is 315 g/mol. The van der Waals surface area contributed by atoms with Gasteiger partial charge in [0.05, 0.1) is 6.61 Å². The van der Waals surface area contributed by atoms with E-state index in [1.807, 2.05) is 13.8 Å². The third kappa shape index (κ3) is 2.40. The Bertz CT molecular complexity index is 778. The number of nitriles is 1. The van der Waals surface area contributed by atoms with Gasteiger partial charge in [-0.05, 0) is 30.3 Å². The molecular weight excluding hydrogens is 299 g/mol. The number of halogens is 2. The van der Waals surface area contributed by atoms with Crippen molar-refractivity contribution in [2.24, 2.45) is 5.92 Å². The molecule has 0 saturated heterocycles. The van der Waals surface area contributed by atoms with Crippen LogP contribution < -0.4 is 9.21 Å². The molecule has 1 aromatic rings. The maximum absolute atomic E-state index is 14.9. The van der Waals surface area contributed by atoms with Gasteiger partial charge in [-0.2, -0.15) is 5.26 Å². The minimum Gasteiger partial charge on any atom is -0.487 e. The molecule has 0 spiro atoms. The third-order valence-corrected chi connectivity index (χ3v) is 3.72. The van der Waals surface area contributed by atoms with Crippen molar-refractivity contribution in [1.82, 2.24) is 4.81 Å². The van der Waals surface area contributed by atoms with Crippen molar-refractivity contribution in [2.45, 2.75) is 13.8 Å². The van der Waals surface area contributed by atoms with Crippen LogP contribution >= 0.6 is 0 Å². The number of hydrogen-bond acceptors (Lipinski definition) is 3. The Morgan fingerprint density at radius 1 is 1.39 bits per heavy atom. The predicted octanol–water partition coefficient (Wildman–Crippen LogP) is 2.87. The van der Waals surface area contributed by atoms with Crippen LogP contribution in [0.3, 0.4) is 0 Å². The molecule has 0 saturated carbocycles. The molecule has 118 valence electrons. The molecule has 0 unspecified atom stereocenters. The number of ether oxygens (including phenoxy) is 1. The molecule has 2 aliphatic rings. The number of fused-ring (bicyclic) bond motifs is 2. The SMILES string of the molecule is CC(C)COc1ccc[n+]2c1C(C#N)=C1C=CC=CN1[B-]2(F)F. The van der Waals surface area contributed by atoms with E-state index < -0.39 is 6.97 Å². The Kier molecular flexibility index (Phi) is 3.68. The Morgan fingerprint density at radius 3 is 2.87 bits per heavy atom. The first-order chi connectivity index (χ1) is 11.0. The van der Waals surface area contributed by atoms with Crippen LogP contribution in [0.25, 0.3) is 5.57 Å². The summed E-state index contributed by atoms with van der Waals surface area (Å²) in [6.45, 7) is 0.267. The lowest BCUT2D eigenvalue weighted by atomic mass is 9.84. The topological polar surface area (TPSA) is 40.1 Å². The van der Waals surface area contributed by atoms with Gasteiger partial charge in [0.25, 0.3) is 0 Å². The highest BCUT2D eigenvalue weighted by Gasteiger charge is 2.53. The van der Waals surface area contributed by atoms with Crippen molar-refractivity contribution in [2.75, 3.05) is 6.61 Å². The highest BCUT2D eigenvalue weighted by Crippen LogP contribution is 2.36. The normalized spacial score (nSPS) is 17.8. The number of allylic oxidation sites excluding steroid dienone is 4. The fourth-order valence-corrected chi connectivity index (χ4v) is 2.69. The fourth-order valence-electron chi connectivity index (χ4n) is 2.69. The summed E-state index contributed by atoms with van der Waals surface area (Å²) in [4.78, 5) is 0.859. The van der Waals surface area contributed by atoms with Crippen LogP contribution in [0.1, 0.15) is 19.5 Å². The first-order valence-corrected chi connectivity index (χ1v) is 7.44. The number of hydrogen-bond donors (Lipinski definition) is 0. The Labute approximate surface area is 133 Å². The molecule has 0 aromatic carbocycles. The summed E-state index contributed by atoms with van der Waals surface area (Å²) in [5.74, 6) is 0.548. The van der Waals surface area contributed by atoms with E-state index >= 15 is 0 Å². The van der Waals surface area contributed by atoms with Gasteiger partial charge in [0.2, 0.25) is 5.69 Å². The zero-order valence-corrected chi connectivity index (χ0v) is 12.9. The lowest BCUT2D eigenvalue weighted by Gasteiger charge is -2.38. The highest BCUT2D eigenvalue weighted by molar-refractivity contribution is 6.55. The van der Waals surface area contributed by atoms with Crippen molar-refractivity contribution in [1.29, 1.82) is 5.26 Å². The molecule has 0 atom stereocenters. The van der Waals surface area contributed by atoms with E-state index in [1.54, 1.807) is 12.1 Å². The smallest absolute Gasteiger partial charge is 0.487 e. The first-order valence-electron chi connectivity index (χ1n) is 7.44. The van der Waals surface area contributed by atoms with Gasteiger partial charge < -0.3 is 22.7 Å². The van der Waals surface area contributed by atoms with Crippen LogP contribution in [0, 0.1) is 17.2 Å². The van der Waals surface area contributed by atoms with Crippen molar-refractivity contribution in [3.8, 4) is 11.8 Å². The first kappa shape index (κ1) is 15.3. The van der Waals surface area contributed by atoms with E-state index in [2.05, 4.69) is 6.07 Å². The zero-order valence-electron chi connectivity index (χ0n) is 12.9. The standard InChI is InChI=1S/C16H16BF2N3O/c1-12(2)11-23-15-7-5-9-22-16(15)13(10-20)14-6-3-4-8-21(14)17(22,18)19/h3-9,12H,11H2,1-2H3. The van der Waals surface area contributed by atoms with Crippen LogP contribution in [-0.4, -0.2) is 18.4 Å². The van der Waals surface area contributed by atoms with Gasteiger partial charge in [-0.1, -0.05) is 19.9 Å². The Balaban J connectivity index is 2.23. The molecule has 7 heteroatoms. The summed E-state index contributed by atoms with van der Waals surface area (Å²) in [7, 11) is 0. The van der Waals surface area contributed by atoms with Gasteiger partial charge in [0.15, 0.2) is 5.75 Å². The fraction of sp³-hybridized carbons (Fsp3) is 0.250. The van der Waals surface area contributed by atoms with Crippen LogP contribution in [0.5, 0.6) is 5.75 Å². The number of pyridine rings is 1. The molecule has 0 radical (unpaired) electrons. The third-order valence-electron chi connectivity index (χ3n) is 3.72.